The van der Waals surface area contributed by atoms with E-state index in [1.165, 1.54) is 46.5 Å². The predicted octanol–water partition coefficient (Wildman–Crippen LogP) is 1.34. The minimum absolute atomic E-state index is 0.0798. The molecule has 2 heterocycles. The van der Waals surface area contributed by atoms with Gasteiger partial charge in [0.05, 0.1) is 29.1 Å². The Morgan fingerprint density at radius 1 is 1.31 bits per heavy atom. The molecular formula is C20H20N4O6S2. The number of rotatable bonds is 6. The first-order valence-corrected chi connectivity index (χ1v) is 12.2. The van der Waals surface area contributed by atoms with E-state index in [1.807, 2.05) is 0 Å². The maximum absolute atomic E-state index is 13.1. The SMILES string of the molecule is CCOC(=O)C1CCc2sc3ncn(CC(=O)Nc4ccc(S(N)(=O)=O)cc4)c(=O)c3c21. The van der Waals surface area contributed by atoms with E-state index < -0.39 is 27.4 Å². The van der Waals surface area contributed by atoms with Crippen LogP contribution in [0.25, 0.3) is 10.2 Å². The summed E-state index contributed by atoms with van der Waals surface area (Å²) in [5, 5.41) is 8.01. The van der Waals surface area contributed by atoms with Gasteiger partial charge in [0.2, 0.25) is 15.9 Å². The lowest BCUT2D eigenvalue weighted by Crippen LogP contribution is -2.28. The third-order valence-corrected chi connectivity index (χ3v) is 7.26. The summed E-state index contributed by atoms with van der Waals surface area (Å²) in [5.74, 6) is -1.36. The summed E-state index contributed by atoms with van der Waals surface area (Å²) in [5.41, 5.74) is 0.612. The van der Waals surface area contributed by atoms with Crippen molar-refractivity contribution >= 4 is 49.1 Å². The van der Waals surface area contributed by atoms with Gasteiger partial charge in [-0.05, 0) is 49.6 Å². The van der Waals surface area contributed by atoms with Crippen molar-refractivity contribution in [2.75, 3.05) is 11.9 Å². The van der Waals surface area contributed by atoms with E-state index in [0.717, 1.165) is 4.88 Å². The molecule has 1 atom stereocenters. The van der Waals surface area contributed by atoms with Gasteiger partial charge in [-0.3, -0.25) is 19.0 Å². The number of aromatic nitrogens is 2. The van der Waals surface area contributed by atoms with Crippen molar-refractivity contribution < 1.29 is 22.7 Å². The number of nitrogens with zero attached hydrogens (tertiary/aromatic N) is 2. The normalized spacial score (nSPS) is 15.5. The lowest BCUT2D eigenvalue weighted by molar-refractivity contribution is -0.144. The van der Waals surface area contributed by atoms with Crippen molar-refractivity contribution in [2.24, 2.45) is 5.14 Å². The minimum atomic E-state index is -3.84. The highest BCUT2D eigenvalue weighted by molar-refractivity contribution is 7.89. The lowest BCUT2D eigenvalue weighted by atomic mass is 10.0. The summed E-state index contributed by atoms with van der Waals surface area (Å²) in [4.78, 5) is 43.7. The smallest absolute Gasteiger partial charge is 0.313 e. The molecule has 1 amide bonds. The number of amides is 1. The van der Waals surface area contributed by atoms with Crippen LogP contribution in [0, 0.1) is 0 Å². The fourth-order valence-electron chi connectivity index (χ4n) is 3.74. The summed E-state index contributed by atoms with van der Waals surface area (Å²) >= 11 is 1.38. The van der Waals surface area contributed by atoms with Crippen LogP contribution in [0.5, 0.6) is 0 Å². The van der Waals surface area contributed by atoms with Crippen LogP contribution in [0.15, 0.2) is 40.3 Å². The largest absolute Gasteiger partial charge is 0.466 e. The molecule has 0 saturated heterocycles. The van der Waals surface area contributed by atoms with Gasteiger partial charge in [-0.2, -0.15) is 0 Å². The second-order valence-electron chi connectivity index (χ2n) is 7.26. The Labute approximate surface area is 187 Å². The second-order valence-corrected chi connectivity index (χ2v) is 9.90. The quantitative estimate of drug-likeness (QED) is 0.510. The molecule has 0 bridgehead atoms. The molecule has 168 valence electrons. The van der Waals surface area contributed by atoms with E-state index in [4.69, 9.17) is 9.88 Å². The first-order valence-electron chi connectivity index (χ1n) is 9.79. The average molecular weight is 477 g/mol. The topological polar surface area (TPSA) is 150 Å². The molecule has 0 radical (unpaired) electrons. The Morgan fingerprint density at radius 3 is 2.69 bits per heavy atom. The number of hydrogen-bond donors (Lipinski definition) is 2. The van der Waals surface area contributed by atoms with Crippen LogP contribution in [0.4, 0.5) is 5.69 Å². The molecule has 0 aliphatic heterocycles. The van der Waals surface area contributed by atoms with Gasteiger partial charge in [0.25, 0.3) is 5.56 Å². The molecule has 0 fully saturated rings. The highest BCUT2D eigenvalue weighted by Crippen LogP contribution is 2.42. The number of thiophene rings is 1. The van der Waals surface area contributed by atoms with E-state index in [1.54, 1.807) is 6.92 Å². The van der Waals surface area contributed by atoms with Crippen molar-refractivity contribution in [1.29, 1.82) is 0 Å². The molecule has 0 spiro atoms. The number of ether oxygens (including phenoxy) is 1. The molecule has 2 aromatic heterocycles. The van der Waals surface area contributed by atoms with Crippen molar-refractivity contribution in [3.05, 3.63) is 51.4 Å². The predicted molar refractivity (Wildman–Crippen MR) is 118 cm³/mol. The van der Waals surface area contributed by atoms with Gasteiger partial charge in [-0.15, -0.1) is 11.3 Å². The molecule has 3 N–H and O–H groups in total. The molecule has 1 aromatic carbocycles. The van der Waals surface area contributed by atoms with Crippen molar-refractivity contribution in [3.8, 4) is 0 Å². The number of sulfonamides is 1. The van der Waals surface area contributed by atoms with E-state index in [9.17, 15) is 22.8 Å². The highest BCUT2D eigenvalue weighted by Gasteiger charge is 2.35. The maximum Gasteiger partial charge on any atom is 0.313 e. The van der Waals surface area contributed by atoms with Crippen LogP contribution in [0.2, 0.25) is 0 Å². The first kappa shape index (κ1) is 22.1. The monoisotopic (exact) mass is 476 g/mol. The molecule has 4 rings (SSSR count). The average Bonchev–Trinajstić information content (AvgIpc) is 3.29. The standard InChI is InChI=1S/C20H20N4O6S2/c1-2-30-20(27)13-7-8-14-16(13)17-18(31-14)22-10-24(19(17)26)9-15(25)23-11-3-5-12(6-4-11)32(21,28)29/h3-6,10,13H,2,7-9H2,1H3,(H,23,25)(H2,21,28,29). The summed E-state index contributed by atoms with van der Waals surface area (Å²) in [6, 6.07) is 5.35. The number of benzene rings is 1. The molecule has 1 unspecified atom stereocenters. The van der Waals surface area contributed by atoms with Gasteiger partial charge in [0.15, 0.2) is 0 Å². The number of carbonyl (C=O) groups excluding carboxylic acids is 2. The van der Waals surface area contributed by atoms with Crippen LogP contribution in [-0.2, 0) is 37.3 Å². The van der Waals surface area contributed by atoms with Crippen LogP contribution in [-0.4, -0.2) is 36.5 Å². The van der Waals surface area contributed by atoms with Crippen molar-refractivity contribution in [1.82, 2.24) is 9.55 Å². The maximum atomic E-state index is 13.1. The molecular weight excluding hydrogens is 456 g/mol. The Hall–Kier alpha value is -3.09. The number of anilines is 1. The van der Waals surface area contributed by atoms with Gasteiger partial charge in [0, 0.05) is 10.6 Å². The summed E-state index contributed by atoms with van der Waals surface area (Å²) < 4.78 is 29.0. The molecule has 12 heteroatoms. The molecule has 32 heavy (non-hydrogen) atoms. The second kappa shape index (κ2) is 8.45. The number of aryl methyl sites for hydroxylation is 1. The Kier molecular flexibility index (Phi) is 5.84. The summed E-state index contributed by atoms with van der Waals surface area (Å²) in [7, 11) is -3.84. The third-order valence-electron chi connectivity index (χ3n) is 5.15. The van der Waals surface area contributed by atoms with Gasteiger partial charge in [-0.1, -0.05) is 0 Å². The third kappa shape index (κ3) is 4.16. The number of esters is 1. The highest BCUT2D eigenvalue weighted by atomic mass is 32.2. The van der Waals surface area contributed by atoms with Crippen LogP contribution in [0.3, 0.4) is 0 Å². The van der Waals surface area contributed by atoms with Crippen LogP contribution < -0.4 is 16.0 Å². The molecule has 10 nitrogen and oxygen atoms in total. The Bertz CT molecular complexity index is 1380. The zero-order valence-corrected chi connectivity index (χ0v) is 18.7. The number of nitrogens with two attached hydrogens (primary N) is 1. The van der Waals surface area contributed by atoms with E-state index in [0.29, 0.717) is 34.3 Å². The zero-order chi connectivity index (χ0) is 23.0. The van der Waals surface area contributed by atoms with Gasteiger partial charge < -0.3 is 10.1 Å². The number of primary sulfonamides is 1. The van der Waals surface area contributed by atoms with Gasteiger partial charge in [0.1, 0.15) is 11.4 Å². The molecule has 3 aromatic rings. The molecule has 1 aliphatic carbocycles. The van der Waals surface area contributed by atoms with E-state index in [-0.39, 0.29) is 24.0 Å². The number of carbonyl (C=O) groups is 2. The van der Waals surface area contributed by atoms with Crippen LogP contribution >= 0.6 is 11.3 Å². The number of hydrogen-bond acceptors (Lipinski definition) is 8. The fraction of sp³-hybridized carbons (Fsp3) is 0.300. The zero-order valence-electron chi connectivity index (χ0n) is 17.0. The minimum Gasteiger partial charge on any atom is -0.466 e. The summed E-state index contributed by atoms with van der Waals surface area (Å²) in [6.45, 7) is 1.69. The number of fused-ring (bicyclic) bond motifs is 3. The van der Waals surface area contributed by atoms with Crippen molar-refractivity contribution in [3.63, 3.8) is 0 Å². The van der Waals surface area contributed by atoms with E-state index in [2.05, 4.69) is 10.3 Å². The first-order chi connectivity index (χ1) is 15.2. The fourth-order valence-corrected chi connectivity index (χ4v) is 5.46. The molecule has 0 saturated carbocycles. The Balaban J connectivity index is 1.58. The number of nitrogens with one attached hydrogen (secondary N) is 1. The van der Waals surface area contributed by atoms with Gasteiger partial charge >= 0.3 is 5.97 Å². The lowest BCUT2D eigenvalue weighted by Gasteiger charge is -2.11. The summed E-state index contributed by atoms with van der Waals surface area (Å²) in [6.07, 6.45) is 2.56. The Morgan fingerprint density at radius 2 is 2.03 bits per heavy atom. The van der Waals surface area contributed by atoms with Crippen LogP contribution in [0.1, 0.15) is 29.7 Å². The van der Waals surface area contributed by atoms with Gasteiger partial charge in [-0.25, -0.2) is 18.5 Å². The van der Waals surface area contributed by atoms with E-state index >= 15 is 0 Å². The molecule has 1 aliphatic rings. The van der Waals surface area contributed by atoms with Crippen molar-refractivity contribution in [2.45, 2.75) is 37.1 Å².